The molecule has 1 aliphatic carbocycles. The van der Waals surface area contributed by atoms with E-state index in [9.17, 15) is 4.79 Å². The van der Waals surface area contributed by atoms with E-state index >= 15 is 0 Å². The van der Waals surface area contributed by atoms with Gasteiger partial charge in [-0.1, -0.05) is 31.2 Å². The predicted molar refractivity (Wildman–Crippen MR) is 101 cm³/mol. The number of hydrogen-bond donors (Lipinski definition) is 0. The lowest BCUT2D eigenvalue weighted by Gasteiger charge is -2.27. The maximum atomic E-state index is 12.8. The number of benzene rings is 1. The Bertz CT molecular complexity index is 749. The van der Waals surface area contributed by atoms with E-state index in [-0.39, 0.29) is 5.91 Å². The number of carbonyl (C=O) groups excluding carboxylic acids is 1. The minimum Gasteiger partial charge on any atom is -0.337 e. The van der Waals surface area contributed by atoms with Crippen molar-refractivity contribution in [1.82, 2.24) is 19.8 Å². The Labute approximate surface area is 155 Å². The monoisotopic (exact) mass is 350 g/mol. The van der Waals surface area contributed by atoms with Gasteiger partial charge >= 0.3 is 0 Å². The van der Waals surface area contributed by atoms with Crippen LogP contribution in [0.4, 0.5) is 0 Å². The molecule has 0 unspecified atom stereocenters. The smallest absolute Gasteiger partial charge is 0.257 e. The first-order valence-corrected chi connectivity index (χ1v) is 9.65. The maximum absolute atomic E-state index is 12.8. The van der Waals surface area contributed by atoms with Gasteiger partial charge in [-0.3, -0.25) is 9.69 Å². The standard InChI is InChI=1S/C21H26N4O/c1-2-20-22-14-18(15-23-20)21(26)25-9-5-8-24(10-11-25)19-12-16-6-3-4-7-17(16)13-19/h3-4,6-7,14-15,19H,2,5,8-13H2,1H3. The number of hydrogen-bond acceptors (Lipinski definition) is 4. The quantitative estimate of drug-likeness (QED) is 0.853. The van der Waals surface area contributed by atoms with E-state index in [1.807, 2.05) is 11.8 Å². The molecule has 136 valence electrons. The van der Waals surface area contributed by atoms with E-state index in [1.54, 1.807) is 12.4 Å². The fourth-order valence-electron chi connectivity index (χ4n) is 4.13. The van der Waals surface area contributed by atoms with Crippen LogP contribution in [0.3, 0.4) is 0 Å². The average molecular weight is 350 g/mol. The van der Waals surface area contributed by atoms with E-state index in [0.29, 0.717) is 11.6 Å². The van der Waals surface area contributed by atoms with Crippen molar-refractivity contribution in [2.75, 3.05) is 26.2 Å². The zero-order valence-electron chi connectivity index (χ0n) is 15.4. The van der Waals surface area contributed by atoms with Gasteiger partial charge in [-0.05, 0) is 30.4 Å². The van der Waals surface area contributed by atoms with E-state index in [2.05, 4.69) is 39.1 Å². The Morgan fingerprint density at radius 3 is 2.38 bits per heavy atom. The van der Waals surface area contributed by atoms with Crippen LogP contribution in [0.2, 0.25) is 0 Å². The molecule has 0 saturated carbocycles. The minimum atomic E-state index is 0.0595. The van der Waals surface area contributed by atoms with Crippen molar-refractivity contribution >= 4 is 5.91 Å². The molecule has 26 heavy (non-hydrogen) atoms. The topological polar surface area (TPSA) is 49.3 Å². The molecule has 1 aliphatic heterocycles. The molecular weight excluding hydrogens is 324 g/mol. The molecule has 0 spiro atoms. The summed E-state index contributed by atoms with van der Waals surface area (Å²) in [7, 11) is 0. The third-order valence-corrected chi connectivity index (χ3v) is 5.63. The van der Waals surface area contributed by atoms with Gasteiger partial charge in [0.15, 0.2) is 0 Å². The highest BCUT2D eigenvalue weighted by Gasteiger charge is 2.29. The van der Waals surface area contributed by atoms with Gasteiger partial charge in [0.1, 0.15) is 5.82 Å². The second-order valence-electron chi connectivity index (χ2n) is 7.25. The Kier molecular flexibility index (Phi) is 4.98. The summed E-state index contributed by atoms with van der Waals surface area (Å²) in [4.78, 5) is 25.9. The SMILES string of the molecule is CCc1ncc(C(=O)N2CCCN(C3Cc4ccccc4C3)CC2)cn1. The molecule has 1 saturated heterocycles. The first kappa shape index (κ1) is 17.2. The van der Waals surface area contributed by atoms with Gasteiger partial charge in [-0.25, -0.2) is 9.97 Å². The van der Waals surface area contributed by atoms with Crippen LogP contribution in [0.15, 0.2) is 36.7 Å². The highest BCUT2D eigenvalue weighted by atomic mass is 16.2. The molecule has 5 heteroatoms. The summed E-state index contributed by atoms with van der Waals surface area (Å²) in [5, 5.41) is 0. The number of aryl methyl sites for hydroxylation is 1. The zero-order chi connectivity index (χ0) is 17.9. The van der Waals surface area contributed by atoms with Crippen molar-refractivity contribution in [2.24, 2.45) is 0 Å². The normalized spacial score (nSPS) is 18.6. The Balaban J connectivity index is 1.38. The van der Waals surface area contributed by atoms with Crippen LogP contribution in [-0.4, -0.2) is 57.9 Å². The van der Waals surface area contributed by atoms with Gasteiger partial charge in [0.2, 0.25) is 0 Å². The second-order valence-corrected chi connectivity index (χ2v) is 7.25. The largest absolute Gasteiger partial charge is 0.337 e. The summed E-state index contributed by atoms with van der Waals surface area (Å²) in [6, 6.07) is 9.35. The van der Waals surface area contributed by atoms with E-state index in [0.717, 1.165) is 57.7 Å². The molecule has 2 aliphatic rings. The van der Waals surface area contributed by atoms with Gasteiger partial charge in [0, 0.05) is 51.0 Å². The summed E-state index contributed by atoms with van der Waals surface area (Å²) in [6.45, 7) is 5.61. The van der Waals surface area contributed by atoms with Crippen molar-refractivity contribution in [3.05, 3.63) is 59.2 Å². The summed E-state index contributed by atoms with van der Waals surface area (Å²) in [5.41, 5.74) is 3.58. The number of carbonyl (C=O) groups is 1. The maximum Gasteiger partial charge on any atom is 0.257 e. The Morgan fingerprint density at radius 1 is 1.04 bits per heavy atom. The summed E-state index contributed by atoms with van der Waals surface area (Å²) in [6.07, 6.45) is 7.42. The molecule has 1 fully saturated rings. The van der Waals surface area contributed by atoms with E-state index in [4.69, 9.17) is 0 Å². The molecule has 2 aromatic rings. The Hall–Kier alpha value is -2.27. The Morgan fingerprint density at radius 2 is 1.73 bits per heavy atom. The highest BCUT2D eigenvalue weighted by molar-refractivity contribution is 5.93. The number of rotatable bonds is 3. The molecule has 1 aromatic heterocycles. The van der Waals surface area contributed by atoms with Crippen LogP contribution in [0.5, 0.6) is 0 Å². The molecule has 4 rings (SSSR count). The number of nitrogens with zero attached hydrogens (tertiary/aromatic N) is 4. The third-order valence-electron chi connectivity index (χ3n) is 5.63. The fourth-order valence-corrected chi connectivity index (χ4v) is 4.13. The highest BCUT2D eigenvalue weighted by Crippen LogP contribution is 2.26. The van der Waals surface area contributed by atoms with Crippen LogP contribution >= 0.6 is 0 Å². The molecule has 5 nitrogen and oxygen atoms in total. The molecule has 2 heterocycles. The molecule has 0 N–H and O–H groups in total. The van der Waals surface area contributed by atoms with Gasteiger partial charge < -0.3 is 4.90 Å². The molecule has 1 amide bonds. The number of amides is 1. The van der Waals surface area contributed by atoms with Crippen molar-refractivity contribution in [3.63, 3.8) is 0 Å². The van der Waals surface area contributed by atoms with Gasteiger partial charge in [-0.2, -0.15) is 0 Å². The number of fused-ring (bicyclic) bond motifs is 1. The van der Waals surface area contributed by atoms with E-state index in [1.165, 1.54) is 11.1 Å². The summed E-state index contributed by atoms with van der Waals surface area (Å²) in [5.74, 6) is 0.841. The first-order valence-electron chi connectivity index (χ1n) is 9.65. The van der Waals surface area contributed by atoms with Crippen LogP contribution in [0.25, 0.3) is 0 Å². The van der Waals surface area contributed by atoms with Crippen LogP contribution in [0, 0.1) is 0 Å². The lowest BCUT2D eigenvalue weighted by atomic mass is 10.1. The van der Waals surface area contributed by atoms with Crippen molar-refractivity contribution in [2.45, 2.75) is 38.6 Å². The van der Waals surface area contributed by atoms with Gasteiger partial charge in [-0.15, -0.1) is 0 Å². The lowest BCUT2D eigenvalue weighted by Crippen LogP contribution is -2.40. The molecule has 0 radical (unpaired) electrons. The van der Waals surface area contributed by atoms with Crippen LogP contribution < -0.4 is 0 Å². The van der Waals surface area contributed by atoms with E-state index < -0.39 is 0 Å². The van der Waals surface area contributed by atoms with Crippen LogP contribution in [-0.2, 0) is 19.3 Å². The second kappa shape index (κ2) is 7.54. The predicted octanol–water partition coefficient (Wildman–Crippen LogP) is 2.35. The van der Waals surface area contributed by atoms with Gasteiger partial charge in [0.05, 0.1) is 5.56 Å². The fraction of sp³-hybridized carbons (Fsp3) is 0.476. The van der Waals surface area contributed by atoms with Crippen LogP contribution in [0.1, 0.15) is 40.7 Å². The average Bonchev–Trinajstić information content (AvgIpc) is 2.97. The molecular formula is C21H26N4O. The van der Waals surface area contributed by atoms with Crippen molar-refractivity contribution < 1.29 is 4.79 Å². The van der Waals surface area contributed by atoms with Crippen molar-refractivity contribution in [1.29, 1.82) is 0 Å². The zero-order valence-corrected chi connectivity index (χ0v) is 15.4. The third kappa shape index (κ3) is 3.49. The summed E-state index contributed by atoms with van der Waals surface area (Å²) >= 11 is 0. The molecule has 1 aromatic carbocycles. The van der Waals surface area contributed by atoms with Crippen molar-refractivity contribution in [3.8, 4) is 0 Å². The molecule has 0 bridgehead atoms. The minimum absolute atomic E-state index is 0.0595. The summed E-state index contributed by atoms with van der Waals surface area (Å²) < 4.78 is 0. The lowest BCUT2D eigenvalue weighted by molar-refractivity contribution is 0.0757. The first-order chi connectivity index (χ1) is 12.7. The number of aromatic nitrogens is 2. The molecule has 0 atom stereocenters. The van der Waals surface area contributed by atoms with Gasteiger partial charge in [0.25, 0.3) is 5.91 Å².